The first-order valence-electron chi connectivity index (χ1n) is 9.03. The molecule has 1 saturated carbocycles. The summed E-state index contributed by atoms with van der Waals surface area (Å²) in [6, 6.07) is 5.32. The highest BCUT2D eigenvalue weighted by atomic mass is 32.2. The number of nitrogens with one attached hydrogen (secondary N) is 2. The summed E-state index contributed by atoms with van der Waals surface area (Å²) in [5, 5.41) is 4.54. The van der Waals surface area contributed by atoms with Gasteiger partial charge in [0.05, 0.1) is 17.9 Å². The van der Waals surface area contributed by atoms with Crippen LogP contribution in [0, 0.1) is 5.92 Å². The lowest BCUT2D eigenvalue weighted by molar-refractivity contribution is -0.118. The Morgan fingerprint density at radius 2 is 2.04 bits per heavy atom. The second-order valence-corrected chi connectivity index (χ2v) is 8.01. The molecule has 1 saturated heterocycles. The molecule has 26 heavy (non-hydrogen) atoms. The van der Waals surface area contributed by atoms with Crippen molar-refractivity contribution in [2.24, 2.45) is 5.92 Å². The first-order valence-corrected chi connectivity index (χ1v) is 9.91. The number of benzene rings is 1. The van der Waals surface area contributed by atoms with E-state index in [1.807, 2.05) is 6.07 Å². The molecule has 0 bridgehead atoms. The van der Waals surface area contributed by atoms with E-state index in [1.165, 1.54) is 39.2 Å². The number of carbonyl (C=O) groups is 3. The van der Waals surface area contributed by atoms with Crippen molar-refractivity contribution in [3.8, 4) is 5.75 Å². The van der Waals surface area contributed by atoms with Gasteiger partial charge in [0.1, 0.15) is 5.75 Å². The van der Waals surface area contributed by atoms with Gasteiger partial charge < -0.3 is 10.1 Å². The average Bonchev–Trinajstić information content (AvgIpc) is 2.97. The van der Waals surface area contributed by atoms with Gasteiger partial charge in [-0.15, -0.1) is 0 Å². The Bertz CT molecular complexity index is 701. The van der Waals surface area contributed by atoms with Crippen molar-refractivity contribution in [1.29, 1.82) is 0 Å². The third-order valence-corrected chi connectivity index (χ3v) is 5.95. The van der Waals surface area contributed by atoms with Crippen LogP contribution in [0.5, 0.6) is 5.75 Å². The molecule has 1 aromatic carbocycles. The minimum absolute atomic E-state index is 0.158. The highest BCUT2D eigenvalue weighted by Crippen LogP contribution is 2.27. The molecule has 0 spiro atoms. The molecular weight excluding hydrogens is 352 g/mol. The SMILES string of the molecule is COc1ccc(CC2SC(=O)NC2=O)cc1C(=O)NCC1CCCCC1. The van der Waals surface area contributed by atoms with Gasteiger partial charge in [-0.2, -0.15) is 0 Å². The zero-order valence-corrected chi connectivity index (χ0v) is 15.7. The number of thioether (sulfide) groups is 1. The smallest absolute Gasteiger partial charge is 0.286 e. The molecule has 6 nitrogen and oxygen atoms in total. The minimum Gasteiger partial charge on any atom is -0.496 e. The van der Waals surface area contributed by atoms with Crippen molar-refractivity contribution in [2.75, 3.05) is 13.7 Å². The fourth-order valence-electron chi connectivity index (χ4n) is 3.52. The number of imide groups is 1. The third kappa shape index (κ3) is 4.58. The van der Waals surface area contributed by atoms with Gasteiger partial charge in [0.25, 0.3) is 11.1 Å². The van der Waals surface area contributed by atoms with E-state index in [4.69, 9.17) is 4.74 Å². The Kier molecular flexibility index (Phi) is 6.19. The second kappa shape index (κ2) is 8.58. The van der Waals surface area contributed by atoms with Crippen LogP contribution in [0.3, 0.4) is 0 Å². The zero-order valence-electron chi connectivity index (χ0n) is 14.9. The van der Waals surface area contributed by atoms with Crippen LogP contribution in [-0.2, 0) is 11.2 Å². The molecule has 1 heterocycles. The highest BCUT2D eigenvalue weighted by Gasteiger charge is 2.31. The molecule has 3 rings (SSSR count). The van der Waals surface area contributed by atoms with Crippen molar-refractivity contribution >= 4 is 28.8 Å². The maximum absolute atomic E-state index is 12.6. The quantitative estimate of drug-likeness (QED) is 0.797. The summed E-state index contributed by atoms with van der Waals surface area (Å²) in [7, 11) is 1.53. The predicted octanol–water partition coefficient (Wildman–Crippen LogP) is 2.90. The lowest BCUT2D eigenvalue weighted by Crippen LogP contribution is -2.30. The van der Waals surface area contributed by atoms with Gasteiger partial charge in [-0.1, -0.05) is 37.1 Å². The number of ether oxygens (including phenoxy) is 1. The molecule has 1 aromatic rings. The highest BCUT2D eigenvalue weighted by molar-refractivity contribution is 8.15. The monoisotopic (exact) mass is 376 g/mol. The van der Waals surface area contributed by atoms with E-state index in [2.05, 4.69) is 10.6 Å². The van der Waals surface area contributed by atoms with Crippen molar-refractivity contribution in [3.05, 3.63) is 29.3 Å². The van der Waals surface area contributed by atoms with Gasteiger partial charge in [0.2, 0.25) is 5.91 Å². The second-order valence-electron chi connectivity index (χ2n) is 6.84. The van der Waals surface area contributed by atoms with Crippen molar-refractivity contribution in [3.63, 3.8) is 0 Å². The van der Waals surface area contributed by atoms with Crippen LogP contribution in [0.4, 0.5) is 4.79 Å². The predicted molar refractivity (Wildman–Crippen MR) is 101 cm³/mol. The maximum Gasteiger partial charge on any atom is 0.286 e. The van der Waals surface area contributed by atoms with Crippen molar-refractivity contribution in [2.45, 2.75) is 43.8 Å². The van der Waals surface area contributed by atoms with Gasteiger partial charge in [0, 0.05) is 6.54 Å². The van der Waals surface area contributed by atoms with E-state index in [0.717, 1.165) is 17.3 Å². The molecule has 2 N–H and O–H groups in total. The van der Waals surface area contributed by atoms with E-state index < -0.39 is 5.25 Å². The summed E-state index contributed by atoms with van der Waals surface area (Å²) in [6.45, 7) is 0.682. The summed E-state index contributed by atoms with van der Waals surface area (Å²) in [5.41, 5.74) is 1.30. The fourth-order valence-corrected chi connectivity index (χ4v) is 4.38. The standard InChI is InChI=1S/C19H24N2O4S/c1-25-15-8-7-13(10-16-18(23)21-19(24)26-16)9-14(15)17(22)20-11-12-5-3-2-4-6-12/h7-9,12,16H,2-6,10-11H2,1H3,(H,20,22)(H,21,23,24). The molecule has 1 unspecified atom stereocenters. The lowest BCUT2D eigenvalue weighted by Gasteiger charge is -2.22. The molecule has 1 aliphatic carbocycles. The number of methoxy groups -OCH3 is 1. The molecule has 1 atom stereocenters. The fraction of sp³-hybridized carbons (Fsp3) is 0.526. The first kappa shape index (κ1) is 18.8. The van der Waals surface area contributed by atoms with E-state index in [0.29, 0.717) is 30.2 Å². The normalized spacial score (nSPS) is 20.7. The molecule has 0 aromatic heterocycles. The third-order valence-electron chi connectivity index (χ3n) is 4.97. The summed E-state index contributed by atoms with van der Waals surface area (Å²) in [6.07, 6.45) is 6.49. The molecular formula is C19H24N2O4S. The Hall–Kier alpha value is -2.02. The summed E-state index contributed by atoms with van der Waals surface area (Å²) in [5.74, 6) is 0.619. The van der Waals surface area contributed by atoms with Crippen LogP contribution in [0.15, 0.2) is 18.2 Å². The Balaban J connectivity index is 1.67. The Morgan fingerprint density at radius 1 is 1.27 bits per heavy atom. The lowest BCUT2D eigenvalue weighted by atomic mass is 9.89. The van der Waals surface area contributed by atoms with Crippen LogP contribution < -0.4 is 15.4 Å². The summed E-state index contributed by atoms with van der Waals surface area (Å²) >= 11 is 0.990. The molecule has 1 aliphatic heterocycles. The number of amides is 3. The van der Waals surface area contributed by atoms with Crippen molar-refractivity contribution < 1.29 is 19.1 Å². The largest absolute Gasteiger partial charge is 0.496 e. The number of rotatable bonds is 6. The topological polar surface area (TPSA) is 84.5 Å². The van der Waals surface area contributed by atoms with Gasteiger partial charge in [-0.05, 0) is 42.9 Å². The number of hydrogen-bond acceptors (Lipinski definition) is 5. The van der Waals surface area contributed by atoms with E-state index in [-0.39, 0.29) is 17.1 Å². The first-order chi connectivity index (χ1) is 12.6. The van der Waals surface area contributed by atoms with Crippen LogP contribution in [0.25, 0.3) is 0 Å². The number of carbonyl (C=O) groups excluding carboxylic acids is 3. The minimum atomic E-state index is -0.450. The van der Waals surface area contributed by atoms with E-state index in [9.17, 15) is 14.4 Å². The molecule has 7 heteroatoms. The van der Waals surface area contributed by atoms with E-state index >= 15 is 0 Å². The van der Waals surface area contributed by atoms with Gasteiger partial charge in [-0.3, -0.25) is 19.7 Å². The molecule has 2 fully saturated rings. The summed E-state index contributed by atoms with van der Waals surface area (Å²) < 4.78 is 5.32. The van der Waals surface area contributed by atoms with Crippen molar-refractivity contribution in [1.82, 2.24) is 10.6 Å². The summed E-state index contributed by atoms with van der Waals surface area (Å²) in [4.78, 5) is 35.7. The number of hydrogen-bond donors (Lipinski definition) is 2. The molecule has 0 radical (unpaired) electrons. The van der Waals surface area contributed by atoms with E-state index in [1.54, 1.807) is 12.1 Å². The van der Waals surface area contributed by atoms with Crippen LogP contribution in [0.2, 0.25) is 0 Å². The van der Waals surface area contributed by atoms with Crippen LogP contribution >= 0.6 is 11.8 Å². The molecule has 3 amide bonds. The Morgan fingerprint density at radius 3 is 2.69 bits per heavy atom. The van der Waals surface area contributed by atoms with Gasteiger partial charge >= 0.3 is 0 Å². The average molecular weight is 376 g/mol. The van der Waals surface area contributed by atoms with Gasteiger partial charge in [0.15, 0.2) is 0 Å². The Labute approximate surface area is 157 Å². The van der Waals surface area contributed by atoms with Crippen LogP contribution in [-0.4, -0.2) is 36.0 Å². The van der Waals surface area contributed by atoms with Crippen LogP contribution in [0.1, 0.15) is 48.0 Å². The van der Waals surface area contributed by atoms with Gasteiger partial charge in [-0.25, -0.2) is 0 Å². The maximum atomic E-state index is 12.6. The molecule has 140 valence electrons. The zero-order chi connectivity index (χ0) is 18.5. The molecule has 2 aliphatic rings.